The van der Waals surface area contributed by atoms with Crippen molar-refractivity contribution in [2.45, 2.75) is 32.7 Å². The number of amides is 1. The minimum Gasteiger partial charge on any atom is -0.396 e. The number of carbonyl (C=O) groups is 1. The summed E-state index contributed by atoms with van der Waals surface area (Å²) in [6, 6.07) is 0.205. The highest BCUT2D eigenvalue weighted by molar-refractivity contribution is 5.78. The van der Waals surface area contributed by atoms with Gasteiger partial charge in [0.05, 0.1) is 6.54 Å². The number of rotatable bonds is 4. The number of hydrogen-bond acceptors (Lipinski definition) is 3. The number of nitrogens with zero attached hydrogens (tertiary/aromatic N) is 1. The number of carbonyl (C=O) groups excluding carboxylic acids is 1. The Labute approximate surface area is 91.6 Å². The van der Waals surface area contributed by atoms with Crippen LogP contribution in [-0.2, 0) is 4.79 Å². The van der Waals surface area contributed by atoms with Crippen molar-refractivity contribution in [3.63, 3.8) is 0 Å². The highest BCUT2D eigenvalue weighted by Crippen LogP contribution is 2.14. The van der Waals surface area contributed by atoms with Crippen molar-refractivity contribution in [2.75, 3.05) is 26.2 Å². The van der Waals surface area contributed by atoms with E-state index in [0.29, 0.717) is 12.5 Å². The standard InChI is InChI=1S/C11H22N2O2/c1-9(2)12-11(15)7-13-5-3-4-10(6-13)8-14/h9-10,14H,3-8H2,1-2H3,(H,12,15)/t10-/m1/s1. The van der Waals surface area contributed by atoms with Crippen LogP contribution in [0.5, 0.6) is 0 Å². The fraction of sp³-hybridized carbons (Fsp3) is 0.909. The van der Waals surface area contributed by atoms with Gasteiger partial charge in [-0.15, -0.1) is 0 Å². The molecule has 0 saturated carbocycles. The predicted molar refractivity (Wildman–Crippen MR) is 59.5 cm³/mol. The molecule has 0 spiro atoms. The van der Waals surface area contributed by atoms with Gasteiger partial charge < -0.3 is 10.4 Å². The SMILES string of the molecule is CC(C)NC(=O)CN1CCC[C@@H](CO)C1. The molecule has 1 fully saturated rings. The third kappa shape index (κ3) is 4.62. The van der Waals surface area contributed by atoms with Crippen LogP contribution in [0.3, 0.4) is 0 Å². The molecule has 88 valence electrons. The maximum atomic E-state index is 11.5. The smallest absolute Gasteiger partial charge is 0.234 e. The van der Waals surface area contributed by atoms with E-state index in [9.17, 15) is 4.79 Å². The summed E-state index contributed by atoms with van der Waals surface area (Å²) in [5.74, 6) is 0.439. The first kappa shape index (κ1) is 12.5. The maximum Gasteiger partial charge on any atom is 0.234 e. The van der Waals surface area contributed by atoms with E-state index in [1.165, 1.54) is 0 Å². The Balaban J connectivity index is 2.28. The number of aliphatic hydroxyl groups excluding tert-OH is 1. The number of nitrogens with one attached hydrogen (secondary N) is 1. The average molecular weight is 214 g/mol. The van der Waals surface area contributed by atoms with E-state index < -0.39 is 0 Å². The van der Waals surface area contributed by atoms with E-state index in [1.807, 2.05) is 13.8 Å². The Hall–Kier alpha value is -0.610. The fourth-order valence-electron chi connectivity index (χ4n) is 2.01. The van der Waals surface area contributed by atoms with E-state index in [4.69, 9.17) is 5.11 Å². The lowest BCUT2D eigenvalue weighted by Gasteiger charge is -2.31. The molecule has 0 aliphatic carbocycles. The second-order valence-electron chi connectivity index (χ2n) is 4.65. The van der Waals surface area contributed by atoms with Gasteiger partial charge in [0.1, 0.15) is 0 Å². The summed E-state index contributed by atoms with van der Waals surface area (Å²) in [6.07, 6.45) is 2.17. The lowest BCUT2D eigenvalue weighted by atomic mass is 9.99. The summed E-state index contributed by atoms with van der Waals surface area (Å²) >= 11 is 0. The van der Waals surface area contributed by atoms with Crippen molar-refractivity contribution in [2.24, 2.45) is 5.92 Å². The van der Waals surface area contributed by atoms with Crippen molar-refractivity contribution in [3.05, 3.63) is 0 Å². The fourth-order valence-corrected chi connectivity index (χ4v) is 2.01. The molecule has 1 aliphatic heterocycles. The van der Waals surface area contributed by atoms with Crippen molar-refractivity contribution >= 4 is 5.91 Å². The summed E-state index contributed by atoms with van der Waals surface area (Å²) in [5, 5.41) is 11.9. The third-order valence-corrected chi connectivity index (χ3v) is 2.68. The molecule has 1 atom stereocenters. The lowest BCUT2D eigenvalue weighted by Crippen LogP contribution is -2.44. The van der Waals surface area contributed by atoms with Gasteiger partial charge >= 0.3 is 0 Å². The third-order valence-electron chi connectivity index (χ3n) is 2.68. The highest BCUT2D eigenvalue weighted by atomic mass is 16.3. The van der Waals surface area contributed by atoms with E-state index in [2.05, 4.69) is 10.2 Å². The van der Waals surface area contributed by atoms with E-state index in [1.54, 1.807) is 0 Å². The van der Waals surface area contributed by atoms with E-state index in [-0.39, 0.29) is 18.6 Å². The van der Waals surface area contributed by atoms with Crippen molar-refractivity contribution in [1.29, 1.82) is 0 Å². The molecule has 1 saturated heterocycles. The van der Waals surface area contributed by atoms with Crippen LogP contribution in [0.1, 0.15) is 26.7 Å². The molecule has 0 aromatic heterocycles. The van der Waals surface area contributed by atoms with Gasteiger partial charge in [-0.3, -0.25) is 9.69 Å². The summed E-state index contributed by atoms with van der Waals surface area (Å²) in [5.41, 5.74) is 0. The quantitative estimate of drug-likeness (QED) is 0.703. The molecule has 15 heavy (non-hydrogen) atoms. The van der Waals surface area contributed by atoms with Gasteiger partial charge in [-0.2, -0.15) is 0 Å². The molecule has 0 bridgehead atoms. The molecule has 2 N–H and O–H groups in total. The van der Waals surface area contributed by atoms with Gasteiger partial charge in [0.25, 0.3) is 0 Å². The Morgan fingerprint density at radius 1 is 1.60 bits per heavy atom. The molecule has 4 heteroatoms. The van der Waals surface area contributed by atoms with Gasteiger partial charge in [-0.05, 0) is 39.2 Å². The zero-order valence-electron chi connectivity index (χ0n) is 9.70. The monoisotopic (exact) mass is 214 g/mol. The number of piperidine rings is 1. The summed E-state index contributed by atoms with van der Waals surface area (Å²) in [7, 11) is 0. The average Bonchev–Trinajstić information content (AvgIpc) is 2.16. The van der Waals surface area contributed by atoms with Crippen LogP contribution in [0.25, 0.3) is 0 Å². The largest absolute Gasteiger partial charge is 0.396 e. The van der Waals surface area contributed by atoms with Gasteiger partial charge in [-0.25, -0.2) is 0 Å². The Morgan fingerprint density at radius 2 is 2.33 bits per heavy atom. The molecule has 0 radical (unpaired) electrons. The second-order valence-corrected chi connectivity index (χ2v) is 4.65. The number of aliphatic hydroxyl groups is 1. The number of likely N-dealkylation sites (tertiary alicyclic amines) is 1. The Kier molecular flexibility index (Phi) is 5.05. The van der Waals surface area contributed by atoms with Crippen LogP contribution >= 0.6 is 0 Å². The van der Waals surface area contributed by atoms with Crippen molar-refractivity contribution in [1.82, 2.24) is 10.2 Å². The Bertz CT molecular complexity index is 207. The van der Waals surface area contributed by atoms with E-state index >= 15 is 0 Å². The van der Waals surface area contributed by atoms with Gasteiger partial charge in [0.15, 0.2) is 0 Å². The van der Waals surface area contributed by atoms with Gasteiger partial charge in [0.2, 0.25) is 5.91 Å². The lowest BCUT2D eigenvalue weighted by molar-refractivity contribution is -0.123. The van der Waals surface area contributed by atoms with E-state index in [0.717, 1.165) is 25.9 Å². The van der Waals surface area contributed by atoms with Gasteiger partial charge in [-0.1, -0.05) is 0 Å². The molecule has 0 unspecified atom stereocenters. The normalized spacial score (nSPS) is 23.1. The first-order valence-corrected chi connectivity index (χ1v) is 5.74. The van der Waals surface area contributed by atoms with Crippen LogP contribution in [0.2, 0.25) is 0 Å². The summed E-state index contributed by atoms with van der Waals surface area (Å²) in [6.45, 7) is 6.45. The van der Waals surface area contributed by atoms with Crippen LogP contribution < -0.4 is 5.32 Å². The summed E-state index contributed by atoms with van der Waals surface area (Å²) < 4.78 is 0. The minimum atomic E-state index is 0.0867. The topological polar surface area (TPSA) is 52.6 Å². The molecule has 4 nitrogen and oxygen atoms in total. The van der Waals surface area contributed by atoms with Crippen LogP contribution in [0.15, 0.2) is 0 Å². The van der Waals surface area contributed by atoms with Crippen molar-refractivity contribution < 1.29 is 9.90 Å². The molecular formula is C11H22N2O2. The molecule has 1 aliphatic rings. The van der Waals surface area contributed by atoms with Gasteiger partial charge in [0, 0.05) is 19.2 Å². The highest BCUT2D eigenvalue weighted by Gasteiger charge is 2.20. The minimum absolute atomic E-state index is 0.0867. The molecule has 1 amide bonds. The first-order valence-electron chi connectivity index (χ1n) is 5.74. The predicted octanol–water partition coefficient (Wildman–Crippen LogP) is 0.215. The zero-order chi connectivity index (χ0) is 11.3. The van der Waals surface area contributed by atoms with Crippen LogP contribution in [0.4, 0.5) is 0 Å². The first-order chi connectivity index (χ1) is 7.11. The molecule has 0 aromatic rings. The molecular weight excluding hydrogens is 192 g/mol. The maximum absolute atomic E-state index is 11.5. The Morgan fingerprint density at radius 3 is 2.93 bits per heavy atom. The molecule has 0 aromatic carbocycles. The summed E-state index contributed by atoms with van der Waals surface area (Å²) in [4.78, 5) is 13.6. The van der Waals surface area contributed by atoms with Crippen LogP contribution in [-0.4, -0.2) is 48.2 Å². The molecule has 1 rings (SSSR count). The number of hydrogen-bond donors (Lipinski definition) is 2. The second kappa shape index (κ2) is 6.08. The van der Waals surface area contributed by atoms with Crippen molar-refractivity contribution in [3.8, 4) is 0 Å². The molecule has 1 heterocycles. The van der Waals surface area contributed by atoms with Crippen LogP contribution in [0, 0.1) is 5.92 Å². The zero-order valence-corrected chi connectivity index (χ0v) is 9.70.